The first kappa shape index (κ1) is 22.6. The molecule has 0 saturated carbocycles. The van der Waals surface area contributed by atoms with E-state index < -0.39 is 47.3 Å². The number of halogens is 4. The van der Waals surface area contributed by atoms with Crippen molar-refractivity contribution in [2.24, 2.45) is 0 Å². The second-order valence-corrected chi connectivity index (χ2v) is 8.15. The van der Waals surface area contributed by atoms with Crippen molar-refractivity contribution < 1.29 is 27.8 Å². The molecule has 1 unspecified atom stereocenters. The summed E-state index contributed by atoms with van der Waals surface area (Å²) in [5.41, 5.74) is -4.83. The summed E-state index contributed by atoms with van der Waals surface area (Å²) in [6.07, 6.45) is -4.50. The lowest BCUT2D eigenvalue weighted by molar-refractivity contribution is -0.260. The van der Waals surface area contributed by atoms with Gasteiger partial charge in [0.05, 0.1) is 6.54 Å². The molecule has 0 aliphatic heterocycles. The number of aliphatic hydroxyl groups is 1. The van der Waals surface area contributed by atoms with Crippen molar-refractivity contribution in [3.05, 3.63) is 70.4 Å². The van der Waals surface area contributed by atoms with Crippen LogP contribution >= 0.6 is 0 Å². The number of fused-ring (bicyclic) bond motifs is 1. The Labute approximate surface area is 175 Å². The topological polar surface area (TPSA) is 85.4 Å². The van der Waals surface area contributed by atoms with Crippen LogP contribution in [-0.2, 0) is 5.41 Å². The Hall–Kier alpha value is -3.07. The number of pyridine rings is 1. The number of aromatic nitrogens is 1. The van der Waals surface area contributed by atoms with Crippen LogP contribution in [-0.4, -0.2) is 33.5 Å². The van der Waals surface area contributed by atoms with Gasteiger partial charge < -0.3 is 20.5 Å². The van der Waals surface area contributed by atoms with Crippen LogP contribution in [0.2, 0.25) is 0 Å². The van der Waals surface area contributed by atoms with E-state index >= 15 is 0 Å². The van der Waals surface area contributed by atoms with E-state index in [0.717, 1.165) is 6.07 Å². The average molecular weight is 438 g/mol. The van der Waals surface area contributed by atoms with Crippen LogP contribution < -0.4 is 10.9 Å². The van der Waals surface area contributed by atoms with Gasteiger partial charge in [-0.25, -0.2) is 4.39 Å². The molecule has 0 aliphatic carbocycles. The van der Waals surface area contributed by atoms with Crippen molar-refractivity contribution in [3.63, 3.8) is 0 Å². The number of aromatic amines is 1. The van der Waals surface area contributed by atoms with Crippen LogP contribution in [0.3, 0.4) is 0 Å². The number of benzene rings is 2. The third kappa shape index (κ3) is 4.36. The van der Waals surface area contributed by atoms with Crippen molar-refractivity contribution >= 4 is 16.5 Å². The monoisotopic (exact) mass is 438 g/mol. The van der Waals surface area contributed by atoms with E-state index in [4.69, 9.17) is 0 Å². The number of rotatable bonds is 6. The lowest BCUT2D eigenvalue weighted by atomic mass is 9.74. The fourth-order valence-electron chi connectivity index (χ4n) is 3.77. The van der Waals surface area contributed by atoms with Gasteiger partial charge in [-0.1, -0.05) is 32.0 Å². The van der Waals surface area contributed by atoms with E-state index in [0.29, 0.717) is 5.39 Å². The van der Waals surface area contributed by atoms with Crippen molar-refractivity contribution in [3.8, 4) is 5.75 Å². The van der Waals surface area contributed by atoms with Gasteiger partial charge >= 0.3 is 6.18 Å². The van der Waals surface area contributed by atoms with E-state index in [2.05, 4.69) is 10.3 Å². The number of phenols is 1. The summed E-state index contributed by atoms with van der Waals surface area (Å²) >= 11 is 0. The summed E-state index contributed by atoms with van der Waals surface area (Å²) in [5.74, 6) is -1.71. The summed E-state index contributed by atoms with van der Waals surface area (Å²) in [5, 5.41) is 23.9. The van der Waals surface area contributed by atoms with Crippen LogP contribution in [0, 0.1) is 5.82 Å². The van der Waals surface area contributed by atoms with Crippen LogP contribution in [0.4, 0.5) is 23.2 Å². The maximum atomic E-state index is 13.9. The molecule has 3 aromatic rings. The van der Waals surface area contributed by atoms with Crippen molar-refractivity contribution in [2.75, 3.05) is 11.9 Å². The first-order valence-electron chi connectivity index (χ1n) is 9.47. The van der Waals surface area contributed by atoms with Gasteiger partial charge in [0.2, 0.25) is 0 Å². The number of hydrogen-bond acceptors (Lipinski definition) is 4. The molecule has 0 saturated heterocycles. The van der Waals surface area contributed by atoms with E-state index in [1.54, 1.807) is 6.07 Å². The number of aromatic hydroxyl groups is 1. The summed E-state index contributed by atoms with van der Waals surface area (Å²) in [6, 6.07) is 9.69. The number of nitrogens with one attached hydrogen (secondary N) is 2. The molecule has 1 aromatic heterocycles. The van der Waals surface area contributed by atoms with Crippen LogP contribution in [0.1, 0.15) is 25.8 Å². The Morgan fingerprint density at radius 2 is 1.71 bits per heavy atom. The molecule has 9 heteroatoms. The smallest absolute Gasteiger partial charge is 0.418 e. The zero-order chi connectivity index (χ0) is 23.0. The summed E-state index contributed by atoms with van der Waals surface area (Å²) in [4.78, 5) is 14.4. The SMILES string of the molecule is CC(C)(CC(O)(CNc1cccc2c(=O)[nH]ccc12)C(F)(F)F)c1cccc(F)c1O. The highest BCUT2D eigenvalue weighted by Gasteiger charge is 2.56. The molecule has 166 valence electrons. The Bertz CT molecular complexity index is 1160. The standard InChI is InChI=1S/C22H22F4N2O3/c1-20(2,15-6-4-7-16(23)18(15)29)11-21(31,22(24,25)26)12-28-17-8-3-5-14-13(17)9-10-27-19(14)30/h3-10,28-29,31H,11-12H2,1-2H3,(H,27,30). The highest BCUT2D eigenvalue weighted by molar-refractivity contribution is 5.93. The molecular weight excluding hydrogens is 416 g/mol. The minimum atomic E-state index is -5.03. The van der Waals surface area contributed by atoms with Gasteiger partial charge in [0, 0.05) is 28.2 Å². The van der Waals surface area contributed by atoms with Gasteiger partial charge in [0.1, 0.15) is 0 Å². The maximum absolute atomic E-state index is 13.9. The highest BCUT2D eigenvalue weighted by atomic mass is 19.4. The third-order valence-electron chi connectivity index (χ3n) is 5.36. The molecule has 3 rings (SSSR count). The molecule has 4 N–H and O–H groups in total. The average Bonchev–Trinajstić information content (AvgIpc) is 2.67. The zero-order valence-corrected chi connectivity index (χ0v) is 16.8. The molecule has 0 spiro atoms. The molecule has 0 aliphatic rings. The second-order valence-electron chi connectivity index (χ2n) is 8.15. The second kappa shape index (κ2) is 7.88. The van der Waals surface area contributed by atoms with E-state index in [1.807, 2.05) is 0 Å². The lowest BCUT2D eigenvalue weighted by Gasteiger charge is -2.38. The molecule has 1 heterocycles. The molecule has 2 aromatic carbocycles. The van der Waals surface area contributed by atoms with Crippen molar-refractivity contribution in [1.29, 1.82) is 0 Å². The van der Waals surface area contributed by atoms with Crippen LogP contribution in [0.25, 0.3) is 10.8 Å². The molecule has 5 nitrogen and oxygen atoms in total. The van der Waals surface area contributed by atoms with E-state index in [1.165, 1.54) is 50.4 Å². The fraction of sp³-hybridized carbons (Fsp3) is 0.318. The predicted molar refractivity (Wildman–Crippen MR) is 110 cm³/mol. The first-order valence-corrected chi connectivity index (χ1v) is 9.47. The molecule has 1 atom stereocenters. The minimum Gasteiger partial charge on any atom is -0.505 e. The largest absolute Gasteiger partial charge is 0.505 e. The van der Waals surface area contributed by atoms with Crippen LogP contribution in [0.15, 0.2) is 53.5 Å². The fourth-order valence-corrected chi connectivity index (χ4v) is 3.77. The van der Waals surface area contributed by atoms with Gasteiger partial charge in [-0.05, 0) is 36.1 Å². The summed E-state index contributed by atoms with van der Waals surface area (Å²) < 4.78 is 55.5. The number of para-hydroxylation sites is 1. The minimum absolute atomic E-state index is 0.0492. The van der Waals surface area contributed by atoms with Gasteiger partial charge in [-0.15, -0.1) is 0 Å². The number of phenolic OH excluding ortho intramolecular Hbond substituents is 1. The van der Waals surface area contributed by atoms with E-state index in [9.17, 15) is 32.6 Å². The normalized spacial score (nSPS) is 14.4. The predicted octanol–water partition coefficient (Wildman–Crippen LogP) is 4.45. The van der Waals surface area contributed by atoms with Crippen molar-refractivity contribution in [1.82, 2.24) is 4.98 Å². The third-order valence-corrected chi connectivity index (χ3v) is 5.36. The molecular formula is C22H22F4N2O3. The van der Waals surface area contributed by atoms with Crippen LogP contribution in [0.5, 0.6) is 5.75 Å². The quantitative estimate of drug-likeness (QED) is 0.429. The molecule has 31 heavy (non-hydrogen) atoms. The summed E-state index contributed by atoms with van der Waals surface area (Å²) in [6.45, 7) is 1.85. The molecule has 0 radical (unpaired) electrons. The van der Waals surface area contributed by atoms with Gasteiger partial charge in [0.15, 0.2) is 17.2 Å². The maximum Gasteiger partial charge on any atom is 0.418 e. The van der Waals surface area contributed by atoms with Crippen molar-refractivity contribution in [2.45, 2.75) is 37.5 Å². The Kier molecular flexibility index (Phi) is 5.75. The van der Waals surface area contributed by atoms with E-state index in [-0.39, 0.29) is 16.6 Å². The molecule has 0 amide bonds. The Morgan fingerprint density at radius 1 is 1.03 bits per heavy atom. The molecule has 0 bridgehead atoms. The number of hydrogen-bond donors (Lipinski definition) is 4. The van der Waals surface area contributed by atoms with Gasteiger partial charge in [-0.3, -0.25) is 4.79 Å². The van der Waals surface area contributed by atoms with Gasteiger partial charge in [-0.2, -0.15) is 13.2 Å². The summed E-state index contributed by atoms with van der Waals surface area (Å²) in [7, 11) is 0. The number of anilines is 1. The Morgan fingerprint density at radius 3 is 2.39 bits per heavy atom. The first-order chi connectivity index (χ1) is 14.4. The lowest BCUT2D eigenvalue weighted by Crippen LogP contribution is -2.53. The zero-order valence-electron chi connectivity index (χ0n) is 16.8. The molecule has 0 fully saturated rings. The van der Waals surface area contributed by atoms with Gasteiger partial charge in [0.25, 0.3) is 5.56 Å². The highest BCUT2D eigenvalue weighted by Crippen LogP contribution is 2.44. The number of H-pyrrole nitrogens is 1. The number of alkyl halides is 3. The Balaban J connectivity index is 1.94.